The average Bonchev–Trinajstić information content (AvgIpc) is 3.29. The average molecular weight is 413 g/mol. The molecular formula is C24H36N4O2. The third-order valence-electron chi connectivity index (χ3n) is 5.79. The fraction of sp³-hybridized carbons (Fsp3) is 0.542. The van der Waals surface area contributed by atoms with Crippen LogP contribution in [0.5, 0.6) is 0 Å². The largest absolute Gasteiger partial charge is 0.466 e. The molecule has 0 bridgehead atoms. The predicted octanol–water partition coefficient (Wildman–Crippen LogP) is 3.47. The Balaban J connectivity index is 1.63. The summed E-state index contributed by atoms with van der Waals surface area (Å²) < 4.78 is 5.36. The van der Waals surface area contributed by atoms with E-state index in [-0.39, 0.29) is 0 Å². The molecule has 1 saturated heterocycles. The lowest BCUT2D eigenvalue weighted by molar-refractivity contribution is 0.0386. The van der Waals surface area contributed by atoms with Gasteiger partial charge in [0.1, 0.15) is 11.4 Å². The molecule has 1 unspecified atom stereocenters. The summed E-state index contributed by atoms with van der Waals surface area (Å²) in [6.07, 6.45) is 4.14. The first-order valence-corrected chi connectivity index (χ1v) is 11.1. The standard InChI is InChI=1S/C24H36N4O2/c1-4-25-23(27-18-24(3,29)22-10-7-15-30-22)26-16-20-8-5-6-9-21(20)17-28-13-11-19(2)12-14-28/h5-10,15,19,29H,4,11-14,16-18H2,1-3H3,(H2,25,26,27). The van der Waals surface area contributed by atoms with Gasteiger partial charge in [0.15, 0.2) is 5.96 Å². The first kappa shape index (κ1) is 22.4. The van der Waals surface area contributed by atoms with Gasteiger partial charge in [-0.05, 0) is 69.0 Å². The van der Waals surface area contributed by atoms with Gasteiger partial charge in [0, 0.05) is 13.1 Å². The van der Waals surface area contributed by atoms with Crippen molar-refractivity contribution in [1.29, 1.82) is 0 Å². The second-order valence-electron chi connectivity index (χ2n) is 8.53. The third kappa shape index (κ3) is 6.34. The van der Waals surface area contributed by atoms with Crippen molar-refractivity contribution in [1.82, 2.24) is 15.5 Å². The van der Waals surface area contributed by atoms with Gasteiger partial charge in [-0.3, -0.25) is 4.90 Å². The highest BCUT2D eigenvalue weighted by atomic mass is 16.4. The van der Waals surface area contributed by atoms with Crippen LogP contribution < -0.4 is 10.6 Å². The van der Waals surface area contributed by atoms with E-state index in [1.54, 1.807) is 25.3 Å². The Morgan fingerprint density at radius 1 is 1.17 bits per heavy atom. The molecule has 3 N–H and O–H groups in total. The zero-order valence-corrected chi connectivity index (χ0v) is 18.5. The number of aliphatic hydroxyl groups is 1. The minimum absolute atomic E-state index is 0.306. The lowest BCUT2D eigenvalue weighted by Gasteiger charge is -2.30. The van der Waals surface area contributed by atoms with Crippen LogP contribution in [-0.2, 0) is 18.7 Å². The fourth-order valence-corrected chi connectivity index (χ4v) is 3.76. The number of piperidine rings is 1. The zero-order valence-electron chi connectivity index (χ0n) is 18.5. The quantitative estimate of drug-likeness (QED) is 0.457. The Kier molecular flexibility index (Phi) is 7.94. The van der Waals surface area contributed by atoms with Crippen LogP contribution in [0.4, 0.5) is 0 Å². The van der Waals surface area contributed by atoms with E-state index in [2.05, 4.69) is 46.7 Å². The van der Waals surface area contributed by atoms with Crippen molar-refractivity contribution in [2.24, 2.45) is 10.9 Å². The van der Waals surface area contributed by atoms with Gasteiger partial charge in [-0.1, -0.05) is 31.2 Å². The molecule has 1 atom stereocenters. The number of guanidine groups is 1. The van der Waals surface area contributed by atoms with Crippen LogP contribution in [0.3, 0.4) is 0 Å². The topological polar surface area (TPSA) is 73.0 Å². The van der Waals surface area contributed by atoms with E-state index in [1.165, 1.54) is 37.1 Å². The van der Waals surface area contributed by atoms with Gasteiger partial charge in [0.2, 0.25) is 0 Å². The van der Waals surface area contributed by atoms with Crippen LogP contribution in [0.2, 0.25) is 0 Å². The molecule has 2 heterocycles. The Labute approximate surface area is 180 Å². The van der Waals surface area contributed by atoms with E-state index >= 15 is 0 Å². The summed E-state index contributed by atoms with van der Waals surface area (Å²) in [5.74, 6) is 2.06. The van der Waals surface area contributed by atoms with Crippen molar-refractivity contribution in [3.63, 3.8) is 0 Å². The summed E-state index contributed by atoms with van der Waals surface area (Å²) in [4.78, 5) is 7.32. The molecule has 1 aliphatic rings. The lowest BCUT2D eigenvalue weighted by Crippen LogP contribution is -2.44. The molecule has 3 rings (SSSR count). The number of nitrogens with one attached hydrogen (secondary N) is 2. The summed E-state index contributed by atoms with van der Waals surface area (Å²) in [7, 11) is 0. The number of likely N-dealkylation sites (tertiary alicyclic amines) is 1. The number of rotatable bonds is 8. The molecule has 0 spiro atoms. The molecule has 30 heavy (non-hydrogen) atoms. The zero-order chi connectivity index (χ0) is 21.4. The van der Waals surface area contributed by atoms with Crippen LogP contribution >= 0.6 is 0 Å². The van der Waals surface area contributed by atoms with Gasteiger partial charge in [0.05, 0.1) is 19.4 Å². The Bertz CT molecular complexity index is 793. The molecule has 1 aliphatic heterocycles. The van der Waals surface area contributed by atoms with Crippen molar-refractivity contribution in [3.05, 3.63) is 59.5 Å². The molecule has 6 heteroatoms. The highest BCUT2D eigenvalue weighted by Gasteiger charge is 2.26. The number of nitrogens with zero attached hydrogens (tertiary/aromatic N) is 2. The summed E-state index contributed by atoms with van der Waals surface area (Å²) in [5.41, 5.74) is 1.48. The smallest absolute Gasteiger partial charge is 0.191 e. The van der Waals surface area contributed by atoms with E-state index in [9.17, 15) is 5.11 Å². The van der Waals surface area contributed by atoms with Gasteiger partial charge in [-0.15, -0.1) is 0 Å². The normalized spacial score (nSPS) is 18.2. The van der Waals surface area contributed by atoms with Crippen LogP contribution in [0.1, 0.15) is 50.5 Å². The second-order valence-corrected chi connectivity index (χ2v) is 8.53. The first-order valence-electron chi connectivity index (χ1n) is 11.1. The Morgan fingerprint density at radius 3 is 2.57 bits per heavy atom. The number of aliphatic imine (C=N–C) groups is 1. The summed E-state index contributed by atoms with van der Waals surface area (Å²) >= 11 is 0. The predicted molar refractivity (Wildman–Crippen MR) is 121 cm³/mol. The van der Waals surface area contributed by atoms with Gasteiger partial charge < -0.3 is 20.2 Å². The van der Waals surface area contributed by atoms with Crippen LogP contribution in [0.25, 0.3) is 0 Å². The third-order valence-corrected chi connectivity index (χ3v) is 5.79. The lowest BCUT2D eigenvalue weighted by atomic mass is 9.98. The van der Waals surface area contributed by atoms with E-state index < -0.39 is 5.60 Å². The maximum Gasteiger partial charge on any atom is 0.191 e. The number of benzene rings is 1. The number of furan rings is 1. The molecule has 0 radical (unpaired) electrons. The van der Waals surface area contributed by atoms with Crippen LogP contribution in [-0.4, -0.2) is 42.1 Å². The van der Waals surface area contributed by atoms with Gasteiger partial charge in [0.25, 0.3) is 0 Å². The summed E-state index contributed by atoms with van der Waals surface area (Å²) in [5, 5.41) is 17.2. The number of hydrogen-bond acceptors (Lipinski definition) is 4. The highest BCUT2D eigenvalue weighted by molar-refractivity contribution is 5.79. The van der Waals surface area contributed by atoms with Gasteiger partial charge >= 0.3 is 0 Å². The summed E-state index contributed by atoms with van der Waals surface area (Å²) in [6, 6.07) is 12.1. The van der Waals surface area contributed by atoms with Crippen LogP contribution in [0, 0.1) is 5.92 Å². The van der Waals surface area contributed by atoms with Crippen molar-refractivity contribution < 1.29 is 9.52 Å². The van der Waals surface area contributed by atoms with Crippen molar-refractivity contribution in [3.8, 4) is 0 Å². The molecular weight excluding hydrogens is 376 g/mol. The molecule has 1 aromatic heterocycles. The Morgan fingerprint density at radius 2 is 1.90 bits per heavy atom. The molecule has 164 valence electrons. The molecule has 1 fully saturated rings. The molecule has 0 amide bonds. The fourth-order valence-electron chi connectivity index (χ4n) is 3.76. The molecule has 0 saturated carbocycles. The van der Waals surface area contributed by atoms with Gasteiger partial charge in [-0.2, -0.15) is 0 Å². The highest BCUT2D eigenvalue weighted by Crippen LogP contribution is 2.21. The van der Waals surface area contributed by atoms with Gasteiger partial charge in [-0.25, -0.2) is 4.99 Å². The second kappa shape index (κ2) is 10.6. The molecule has 1 aromatic carbocycles. The Hall–Kier alpha value is -2.31. The minimum atomic E-state index is -1.11. The molecule has 0 aliphatic carbocycles. The monoisotopic (exact) mass is 412 g/mol. The molecule has 6 nitrogen and oxygen atoms in total. The number of hydrogen-bond donors (Lipinski definition) is 3. The van der Waals surface area contributed by atoms with E-state index in [0.29, 0.717) is 24.8 Å². The maximum absolute atomic E-state index is 10.7. The van der Waals surface area contributed by atoms with Crippen LogP contribution in [0.15, 0.2) is 52.1 Å². The van der Waals surface area contributed by atoms with E-state index in [1.807, 2.05) is 6.92 Å². The van der Waals surface area contributed by atoms with Crippen molar-refractivity contribution in [2.45, 2.75) is 52.3 Å². The molecule has 2 aromatic rings. The van der Waals surface area contributed by atoms with Crippen molar-refractivity contribution >= 4 is 5.96 Å². The summed E-state index contributed by atoms with van der Waals surface area (Å²) in [6.45, 7) is 11.1. The minimum Gasteiger partial charge on any atom is -0.466 e. The van der Waals surface area contributed by atoms with Crippen molar-refractivity contribution in [2.75, 3.05) is 26.2 Å². The maximum atomic E-state index is 10.7. The first-order chi connectivity index (χ1) is 14.5. The SMILES string of the molecule is CCNC(=NCc1ccccc1CN1CCC(C)CC1)NCC(C)(O)c1ccco1. The van der Waals surface area contributed by atoms with E-state index in [0.717, 1.165) is 19.0 Å². The van der Waals surface area contributed by atoms with E-state index in [4.69, 9.17) is 9.41 Å².